The van der Waals surface area contributed by atoms with Crippen LogP contribution in [-0.4, -0.2) is 9.55 Å². The number of hydrogen-bond donors (Lipinski definition) is 2. The molecule has 3 rings (SSSR count). The maximum Gasteiger partial charge on any atom is 0.327 e. The van der Waals surface area contributed by atoms with Crippen molar-refractivity contribution in [3.05, 3.63) is 40.1 Å². The molecule has 3 aromatic rings. The monoisotopic (exact) mass is 245 g/mol. The van der Waals surface area contributed by atoms with Crippen molar-refractivity contribution in [2.24, 2.45) is 7.05 Å². The molecule has 2 heterocycles. The van der Waals surface area contributed by atoms with Gasteiger partial charge in [-0.1, -0.05) is 18.2 Å². The predicted octanol–water partition coefficient (Wildman–Crippen LogP) is 2.18. The van der Waals surface area contributed by atoms with Gasteiger partial charge in [-0.2, -0.15) is 0 Å². The molecule has 0 bridgehead atoms. The second kappa shape index (κ2) is 3.49. The number of imidazole rings is 1. The molecule has 17 heavy (non-hydrogen) atoms. The highest BCUT2D eigenvalue weighted by atomic mass is 32.1. The Balaban J connectivity index is 2.35. The second-order valence-corrected chi connectivity index (χ2v) is 4.81. The van der Waals surface area contributed by atoms with Gasteiger partial charge in [-0.25, -0.2) is 4.79 Å². The normalized spacial score (nSPS) is 11.1. The highest BCUT2D eigenvalue weighted by Crippen LogP contribution is 2.34. The molecule has 0 aliphatic heterocycles. The number of aromatic amines is 1. The average molecular weight is 245 g/mol. The Hall–Kier alpha value is -2.01. The second-order valence-electron chi connectivity index (χ2n) is 3.89. The molecule has 4 nitrogen and oxygen atoms in total. The van der Waals surface area contributed by atoms with Gasteiger partial charge in [-0.15, -0.1) is 11.3 Å². The first-order valence-corrected chi connectivity index (χ1v) is 6.07. The van der Waals surface area contributed by atoms with Crippen LogP contribution in [0.5, 0.6) is 0 Å². The third kappa shape index (κ3) is 1.39. The highest BCUT2D eigenvalue weighted by Gasteiger charge is 2.13. The SMILES string of the molecule is Cn1c(N)c(-c2csc3ccccc23)[nH]c1=O. The number of anilines is 1. The number of nitrogens with two attached hydrogens (primary N) is 1. The quantitative estimate of drug-likeness (QED) is 0.690. The summed E-state index contributed by atoms with van der Waals surface area (Å²) >= 11 is 1.65. The van der Waals surface area contributed by atoms with Gasteiger partial charge >= 0.3 is 5.69 Å². The standard InChI is InChI=1S/C12H11N3OS/c1-15-11(13)10(14-12(15)16)8-6-17-9-5-3-2-4-7(8)9/h2-6H,13H2,1H3,(H,14,16). The fourth-order valence-corrected chi connectivity index (χ4v) is 2.86. The molecular weight excluding hydrogens is 234 g/mol. The van der Waals surface area contributed by atoms with E-state index in [0.29, 0.717) is 11.5 Å². The summed E-state index contributed by atoms with van der Waals surface area (Å²) in [4.78, 5) is 14.3. The van der Waals surface area contributed by atoms with Crippen molar-refractivity contribution in [3.63, 3.8) is 0 Å². The average Bonchev–Trinajstić information content (AvgIpc) is 2.86. The molecule has 2 aromatic heterocycles. The topological polar surface area (TPSA) is 63.8 Å². The molecule has 0 amide bonds. The molecule has 0 unspecified atom stereocenters. The fraction of sp³-hybridized carbons (Fsp3) is 0.0833. The van der Waals surface area contributed by atoms with Crippen LogP contribution in [0.25, 0.3) is 21.3 Å². The minimum atomic E-state index is -0.187. The summed E-state index contributed by atoms with van der Waals surface area (Å²) in [5, 5.41) is 3.14. The van der Waals surface area contributed by atoms with Crippen LogP contribution in [0, 0.1) is 0 Å². The van der Waals surface area contributed by atoms with E-state index >= 15 is 0 Å². The number of benzene rings is 1. The Morgan fingerprint density at radius 3 is 2.82 bits per heavy atom. The Kier molecular flexibility index (Phi) is 2.09. The van der Waals surface area contributed by atoms with E-state index in [4.69, 9.17) is 5.73 Å². The summed E-state index contributed by atoms with van der Waals surface area (Å²) in [6.07, 6.45) is 0. The molecule has 0 saturated heterocycles. The Morgan fingerprint density at radius 1 is 1.35 bits per heavy atom. The number of hydrogen-bond acceptors (Lipinski definition) is 3. The van der Waals surface area contributed by atoms with Gasteiger partial charge in [0.25, 0.3) is 0 Å². The number of rotatable bonds is 1. The van der Waals surface area contributed by atoms with Crippen molar-refractivity contribution in [2.75, 3.05) is 5.73 Å². The van der Waals surface area contributed by atoms with E-state index in [1.165, 1.54) is 9.27 Å². The Bertz CT molecular complexity index is 751. The lowest BCUT2D eigenvalue weighted by molar-refractivity contribution is 0.873. The minimum Gasteiger partial charge on any atom is -0.383 e. The van der Waals surface area contributed by atoms with Crippen molar-refractivity contribution in [1.82, 2.24) is 9.55 Å². The fourth-order valence-electron chi connectivity index (χ4n) is 1.91. The van der Waals surface area contributed by atoms with E-state index in [0.717, 1.165) is 10.9 Å². The Labute approximate surface area is 101 Å². The molecule has 0 spiro atoms. The van der Waals surface area contributed by atoms with E-state index in [2.05, 4.69) is 11.1 Å². The van der Waals surface area contributed by atoms with E-state index in [1.807, 2.05) is 23.6 Å². The van der Waals surface area contributed by atoms with Crippen LogP contribution >= 0.6 is 11.3 Å². The van der Waals surface area contributed by atoms with E-state index < -0.39 is 0 Å². The number of thiophene rings is 1. The van der Waals surface area contributed by atoms with Crippen LogP contribution in [0.4, 0.5) is 5.82 Å². The zero-order chi connectivity index (χ0) is 12.0. The molecule has 5 heteroatoms. The maximum absolute atomic E-state index is 11.5. The lowest BCUT2D eigenvalue weighted by atomic mass is 10.1. The molecule has 0 saturated carbocycles. The van der Waals surface area contributed by atoms with E-state index in [-0.39, 0.29) is 5.69 Å². The summed E-state index contributed by atoms with van der Waals surface area (Å²) in [7, 11) is 1.66. The van der Waals surface area contributed by atoms with Crippen LogP contribution in [0.1, 0.15) is 0 Å². The van der Waals surface area contributed by atoms with E-state index in [1.54, 1.807) is 18.4 Å². The molecule has 0 aliphatic rings. The lowest BCUT2D eigenvalue weighted by Gasteiger charge is -1.98. The predicted molar refractivity (Wildman–Crippen MR) is 71.3 cm³/mol. The third-order valence-corrected chi connectivity index (χ3v) is 3.87. The number of aromatic nitrogens is 2. The summed E-state index contributed by atoms with van der Waals surface area (Å²) < 4.78 is 2.61. The van der Waals surface area contributed by atoms with Crippen LogP contribution in [-0.2, 0) is 7.05 Å². The summed E-state index contributed by atoms with van der Waals surface area (Å²) in [6.45, 7) is 0. The first-order valence-electron chi connectivity index (χ1n) is 5.19. The van der Waals surface area contributed by atoms with Crippen molar-refractivity contribution in [2.45, 2.75) is 0 Å². The minimum absolute atomic E-state index is 0.187. The van der Waals surface area contributed by atoms with Gasteiger partial charge in [0.05, 0.1) is 5.69 Å². The van der Waals surface area contributed by atoms with Crippen molar-refractivity contribution in [1.29, 1.82) is 0 Å². The van der Waals surface area contributed by atoms with Crippen molar-refractivity contribution in [3.8, 4) is 11.3 Å². The number of fused-ring (bicyclic) bond motifs is 1. The zero-order valence-corrected chi connectivity index (χ0v) is 10.0. The summed E-state index contributed by atoms with van der Waals surface area (Å²) in [6, 6.07) is 8.07. The molecule has 3 N–H and O–H groups in total. The highest BCUT2D eigenvalue weighted by molar-refractivity contribution is 7.17. The summed E-state index contributed by atoms with van der Waals surface area (Å²) in [5.74, 6) is 0.471. The number of nitrogens with zero attached hydrogens (tertiary/aromatic N) is 1. The molecule has 0 aliphatic carbocycles. The van der Waals surface area contributed by atoms with Gasteiger partial charge in [0.15, 0.2) is 0 Å². The largest absolute Gasteiger partial charge is 0.383 e. The first kappa shape index (κ1) is 10.2. The number of nitrogen functional groups attached to an aromatic ring is 1. The van der Waals surface area contributed by atoms with Gasteiger partial charge in [0, 0.05) is 28.1 Å². The molecule has 1 aromatic carbocycles. The maximum atomic E-state index is 11.5. The van der Waals surface area contributed by atoms with Crippen LogP contribution < -0.4 is 11.4 Å². The van der Waals surface area contributed by atoms with Crippen molar-refractivity contribution >= 4 is 27.2 Å². The summed E-state index contributed by atoms with van der Waals surface area (Å²) in [5.41, 5.74) is 7.43. The molecule has 0 atom stereocenters. The van der Waals surface area contributed by atoms with E-state index in [9.17, 15) is 4.79 Å². The third-order valence-electron chi connectivity index (χ3n) is 2.90. The van der Waals surface area contributed by atoms with Crippen LogP contribution in [0.3, 0.4) is 0 Å². The van der Waals surface area contributed by atoms with Crippen LogP contribution in [0.2, 0.25) is 0 Å². The Morgan fingerprint density at radius 2 is 2.12 bits per heavy atom. The van der Waals surface area contributed by atoms with Gasteiger partial charge in [0.1, 0.15) is 5.82 Å². The molecule has 0 fully saturated rings. The van der Waals surface area contributed by atoms with Gasteiger partial charge in [-0.05, 0) is 6.07 Å². The van der Waals surface area contributed by atoms with Gasteiger partial charge in [-0.3, -0.25) is 4.57 Å². The molecule has 86 valence electrons. The smallest absolute Gasteiger partial charge is 0.327 e. The number of H-pyrrole nitrogens is 1. The zero-order valence-electron chi connectivity index (χ0n) is 9.23. The molecular formula is C12H11N3OS. The first-order chi connectivity index (χ1) is 8.18. The van der Waals surface area contributed by atoms with Crippen molar-refractivity contribution < 1.29 is 0 Å². The van der Waals surface area contributed by atoms with Gasteiger partial charge < -0.3 is 10.7 Å². The van der Waals surface area contributed by atoms with Gasteiger partial charge in [0.2, 0.25) is 0 Å². The molecule has 0 radical (unpaired) electrons. The lowest BCUT2D eigenvalue weighted by Crippen LogP contribution is -2.13. The van der Waals surface area contributed by atoms with Crippen LogP contribution in [0.15, 0.2) is 34.4 Å². The number of nitrogens with one attached hydrogen (secondary N) is 1.